The molecule has 0 amide bonds. The molecule has 0 aliphatic carbocycles. The highest BCUT2D eigenvalue weighted by atomic mass is 28.4. The van der Waals surface area contributed by atoms with Gasteiger partial charge in [0.25, 0.3) is 0 Å². The van der Waals surface area contributed by atoms with E-state index in [-0.39, 0.29) is 0 Å². The Kier molecular flexibility index (Phi) is 6.15. The molecule has 0 bridgehead atoms. The maximum absolute atomic E-state index is 5.77. The van der Waals surface area contributed by atoms with Gasteiger partial charge in [-0.1, -0.05) is 0 Å². The van der Waals surface area contributed by atoms with Gasteiger partial charge in [-0.25, -0.2) is 0 Å². The van der Waals surface area contributed by atoms with Gasteiger partial charge in [-0.3, -0.25) is 9.89 Å². The first kappa shape index (κ1) is 13.8. The monoisotopic (exact) mass is 246 g/mol. The van der Waals surface area contributed by atoms with E-state index >= 15 is 0 Å². The lowest BCUT2D eigenvalue weighted by molar-refractivity contribution is 0.0596. The van der Waals surface area contributed by atoms with Crippen LogP contribution in [0, 0.1) is 0 Å². The Hall–Kier alpha value is -0.273. The van der Waals surface area contributed by atoms with E-state index in [0.717, 1.165) is 19.4 Å². The molecule has 0 aromatic heterocycles. The van der Waals surface area contributed by atoms with E-state index in [4.69, 9.17) is 13.3 Å². The largest absolute Gasteiger partial charge is 0.515 e. The van der Waals surface area contributed by atoms with Crippen molar-refractivity contribution in [2.24, 2.45) is 4.99 Å². The fourth-order valence-electron chi connectivity index (χ4n) is 1.71. The van der Waals surface area contributed by atoms with Gasteiger partial charge in [0.1, 0.15) is 0 Å². The van der Waals surface area contributed by atoms with Crippen molar-refractivity contribution in [1.82, 2.24) is 4.90 Å². The second-order valence-corrected chi connectivity index (χ2v) is 6.05. The molecule has 94 valence electrons. The fraction of sp³-hybridized carbons (Fsp3) is 0.900. The number of nitrogens with zero attached hydrogens (tertiary/aromatic N) is 2. The number of aliphatic imine (C=N–C) groups is 1. The zero-order valence-electron chi connectivity index (χ0n) is 10.4. The highest BCUT2D eigenvalue weighted by Crippen LogP contribution is 2.13. The zero-order chi connectivity index (χ0) is 11.9. The topological polar surface area (TPSA) is 43.3 Å². The van der Waals surface area contributed by atoms with Gasteiger partial charge < -0.3 is 13.3 Å². The summed E-state index contributed by atoms with van der Waals surface area (Å²) in [5.74, 6) is 0. The Morgan fingerprint density at radius 3 is 2.06 bits per heavy atom. The fourth-order valence-corrected chi connectivity index (χ4v) is 4.33. The quantitative estimate of drug-likeness (QED) is 0.597. The van der Waals surface area contributed by atoms with Crippen LogP contribution in [0.15, 0.2) is 4.99 Å². The van der Waals surface area contributed by atoms with E-state index in [9.17, 15) is 0 Å². The van der Waals surface area contributed by atoms with Crippen molar-refractivity contribution in [2.75, 3.05) is 39.2 Å². The lowest BCUT2D eigenvalue weighted by Crippen LogP contribution is -2.55. The van der Waals surface area contributed by atoms with Crippen molar-refractivity contribution < 1.29 is 13.3 Å². The van der Waals surface area contributed by atoms with Gasteiger partial charge in [0.15, 0.2) is 0 Å². The average molecular weight is 246 g/mol. The molecule has 0 unspecified atom stereocenters. The van der Waals surface area contributed by atoms with Crippen LogP contribution in [0.4, 0.5) is 0 Å². The van der Waals surface area contributed by atoms with E-state index in [2.05, 4.69) is 9.89 Å². The summed E-state index contributed by atoms with van der Waals surface area (Å²) < 4.78 is 17.3. The van der Waals surface area contributed by atoms with E-state index < -0.39 is 8.80 Å². The van der Waals surface area contributed by atoms with Crippen LogP contribution in [-0.4, -0.2) is 59.1 Å². The Balaban J connectivity index is 2.57. The van der Waals surface area contributed by atoms with E-state index in [1.54, 1.807) is 0 Å². The van der Waals surface area contributed by atoms with Crippen LogP contribution in [0.1, 0.15) is 20.8 Å². The lowest BCUT2D eigenvalue weighted by atomic mass is 10.7. The predicted molar refractivity (Wildman–Crippen MR) is 65.6 cm³/mol. The second kappa shape index (κ2) is 7.13. The van der Waals surface area contributed by atoms with Crippen molar-refractivity contribution in [3.05, 3.63) is 0 Å². The van der Waals surface area contributed by atoms with Crippen molar-refractivity contribution in [1.29, 1.82) is 0 Å². The summed E-state index contributed by atoms with van der Waals surface area (Å²) in [6.45, 7) is 9.38. The van der Waals surface area contributed by atoms with Gasteiger partial charge in [0.05, 0.1) is 12.8 Å². The minimum atomic E-state index is -2.51. The summed E-state index contributed by atoms with van der Waals surface area (Å²) in [4.78, 5) is 6.37. The summed E-state index contributed by atoms with van der Waals surface area (Å²) in [6, 6.07) is 0. The Bertz CT molecular complexity index is 201. The molecule has 6 heteroatoms. The van der Waals surface area contributed by atoms with Gasteiger partial charge in [-0.2, -0.15) is 0 Å². The van der Waals surface area contributed by atoms with Crippen molar-refractivity contribution in [3.63, 3.8) is 0 Å². The Labute approximate surface area is 98.8 Å². The second-order valence-electron chi connectivity index (χ2n) is 3.50. The first-order chi connectivity index (χ1) is 7.76. The minimum absolute atomic E-state index is 0.626. The van der Waals surface area contributed by atoms with Gasteiger partial charge in [-0.05, 0) is 20.8 Å². The summed E-state index contributed by atoms with van der Waals surface area (Å²) in [6.07, 6.45) is 2.64. The molecule has 0 radical (unpaired) electrons. The van der Waals surface area contributed by atoms with Crippen LogP contribution < -0.4 is 0 Å². The molecule has 0 atom stereocenters. The summed E-state index contributed by atoms with van der Waals surface area (Å²) in [5.41, 5.74) is 0. The summed E-state index contributed by atoms with van der Waals surface area (Å²) >= 11 is 0. The van der Waals surface area contributed by atoms with Crippen LogP contribution in [-0.2, 0) is 13.3 Å². The molecule has 1 aliphatic rings. The Morgan fingerprint density at radius 1 is 1.12 bits per heavy atom. The molecular formula is C10H22N2O3Si. The molecule has 1 rings (SSSR count). The van der Waals surface area contributed by atoms with Crippen LogP contribution in [0.25, 0.3) is 0 Å². The molecule has 0 aromatic carbocycles. The molecule has 0 fully saturated rings. The van der Waals surface area contributed by atoms with Crippen LogP contribution >= 0.6 is 0 Å². The minimum Gasteiger partial charge on any atom is -0.373 e. The van der Waals surface area contributed by atoms with Crippen molar-refractivity contribution in [2.45, 2.75) is 20.8 Å². The third-order valence-corrected chi connectivity index (χ3v) is 5.28. The maximum atomic E-state index is 5.77. The SMILES string of the molecule is CCO[Si](CN1CC=NC1)(OCC)OCC. The third kappa shape index (κ3) is 3.95. The number of rotatable bonds is 8. The van der Waals surface area contributed by atoms with Crippen LogP contribution in [0.2, 0.25) is 0 Å². The molecule has 1 heterocycles. The van der Waals surface area contributed by atoms with Crippen molar-refractivity contribution in [3.8, 4) is 0 Å². The first-order valence-corrected chi connectivity index (χ1v) is 7.82. The Morgan fingerprint density at radius 2 is 1.69 bits per heavy atom. The molecule has 0 saturated heterocycles. The lowest BCUT2D eigenvalue weighted by Gasteiger charge is -2.31. The molecule has 0 N–H and O–H groups in total. The molecule has 1 aliphatic heterocycles. The average Bonchev–Trinajstić information content (AvgIpc) is 2.71. The molecule has 5 nitrogen and oxygen atoms in total. The van der Waals surface area contributed by atoms with Gasteiger partial charge in [0, 0.05) is 32.6 Å². The first-order valence-electron chi connectivity index (χ1n) is 5.88. The third-order valence-electron chi connectivity index (χ3n) is 2.26. The van der Waals surface area contributed by atoms with Crippen molar-refractivity contribution >= 4 is 15.0 Å². The normalized spacial score (nSPS) is 17.2. The van der Waals surface area contributed by atoms with Gasteiger partial charge in [0.2, 0.25) is 0 Å². The molecule has 0 aromatic rings. The smallest absolute Gasteiger partial charge is 0.373 e. The van der Waals surface area contributed by atoms with Crippen LogP contribution in [0.5, 0.6) is 0 Å². The van der Waals surface area contributed by atoms with Crippen LogP contribution in [0.3, 0.4) is 0 Å². The highest BCUT2D eigenvalue weighted by Gasteiger charge is 2.42. The van der Waals surface area contributed by atoms with Gasteiger partial charge >= 0.3 is 8.80 Å². The summed E-state index contributed by atoms with van der Waals surface area (Å²) in [7, 11) is -2.51. The van der Waals surface area contributed by atoms with E-state index in [1.807, 2.05) is 27.0 Å². The molecule has 16 heavy (non-hydrogen) atoms. The van der Waals surface area contributed by atoms with Gasteiger partial charge in [-0.15, -0.1) is 0 Å². The van der Waals surface area contributed by atoms with E-state index in [1.165, 1.54) is 0 Å². The zero-order valence-corrected chi connectivity index (χ0v) is 11.4. The predicted octanol–water partition coefficient (Wildman–Crippen LogP) is 0.918. The maximum Gasteiger partial charge on any atom is 0.515 e. The standard InChI is InChI=1S/C10H22N2O3Si/c1-4-13-16(14-5-2,15-6-3)10-12-8-7-11-9-12/h7H,4-6,8-10H2,1-3H3. The molecule has 0 saturated carbocycles. The van der Waals surface area contributed by atoms with E-state index in [0.29, 0.717) is 19.8 Å². The number of hydrogen-bond donors (Lipinski definition) is 0. The summed E-state index contributed by atoms with van der Waals surface area (Å²) in [5, 5.41) is 0. The molecule has 0 spiro atoms. The molecular weight excluding hydrogens is 224 g/mol. The highest BCUT2D eigenvalue weighted by molar-refractivity contribution is 6.60. The number of hydrogen-bond acceptors (Lipinski definition) is 5.